The van der Waals surface area contributed by atoms with Gasteiger partial charge in [-0.2, -0.15) is 0 Å². The Morgan fingerprint density at radius 3 is 2.43 bits per heavy atom. The van der Waals surface area contributed by atoms with Crippen molar-refractivity contribution in [3.8, 4) is 5.75 Å². The first-order valence-corrected chi connectivity index (χ1v) is 8.05. The predicted molar refractivity (Wildman–Crippen MR) is 88.6 cm³/mol. The fraction of sp³-hybridized carbons (Fsp3) is 0.529. The minimum atomic E-state index is -0.102. The highest BCUT2D eigenvalue weighted by Gasteiger charge is 2.19. The third-order valence-electron chi connectivity index (χ3n) is 3.94. The summed E-state index contributed by atoms with van der Waals surface area (Å²) in [5.41, 5.74) is 1.28. The van der Waals surface area contributed by atoms with Crippen molar-refractivity contribution in [1.29, 1.82) is 0 Å². The molecule has 2 rings (SSSR count). The van der Waals surface area contributed by atoms with Gasteiger partial charge >= 0.3 is 6.03 Å². The number of piperazine rings is 1. The molecule has 0 unspecified atom stereocenters. The smallest absolute Gasteiger partial charge is 0.317 e. The van der Waals surface area contributed by atoms with Crippen molar-refractivity contribution in [2.75, 3.05) is 39.3 Å². The van der Waals surface area contributed by atoms with E-state index in [1.807, 2.05) is 12.1 Å². The van der Waals surface area contributed by atoms with Gasteiger partial charge in [0.25, 0.3) is 0 Å². The van der Waals surface area contributed by atoms with E-state index >= 15 is 0 Å². The quantitative estimate of drug-likeness (QED) is 0.641. The van der Waals surface area contributed by atoms with E-state index in [0.29, 0.717) is 45.2 Å². The van der Waals surface area contributed by atoms with E-state index in [9.17, 15) is 9.59 Å². The van der Waals surface area contributed by atoms with Crippen LogP contribution in [0.25, 0.3) is 0 Å². The molecule has 3 amide bonds. The Labute approximate surface area is 137 Å². The van der Waals surface area contributed by atoms with Gasteiger partial charge in [-0.15, -0.1) is 0 Å². The molecular weight excluding hydrogens is 294 g/mol. The Hall–Kier alpha value is -2.24. The second kappa shape index (κ2) is 8.41. The van der Waals surface area contributed by atoms with Crippen molar-refractivity contribution in [3.63, 3.8) is 0 Å². The number of nitrogens with zero attached hydrogens (tertiary/aromatic N) is 2. The van der Waals surface area contributed by atoms with Gasteiger partial charge in [-0.05, 0) is 23.6 Å². The van der Waals surface area contributed by atoms with Gasteiger partial charge in [0, 0.05) is 26.2 Å². The highest BCUT2D eigenvalue weighted by molar-refractivity contribution is 5.74. The molecule has 0 saturated carbocycles. The number of hydrogen-bond donors (Lipinski definition) is 1. The fourth-order valence-electron chi connectivity index (χ4n) is 2.42. The van der Waals surface area contributed by atoms with E-state index in [2.05, 4.69) is 31.3 Å². The van der Waals surface area contributed by atoms with Crippen molar-refractivity contribution in [1.82, 2.24) is 15.1 Å². The number of rotatable bonds is 6. The molecule has 1 aromatic carbocycles. The molecule has 6 nitrogen and oxygen atoms in total. The third-order valence-corrected chi connectivity index (χ3v) is 3.94. The van der Waals surface area contributed by atoms with Gasteiger partial charge in [0.1, 0.15) is 12.4 Å². The number of carbonyl (C=O) groups excluding carboxylic acids is 2. The van der Waals surface area contributed by atoms with Crippen molar-refractivity contribution in [3.05, 3.63) is 29.8 Å². The van der Waals surface area contributed by atoms with Gasteiger partial charge in [0.05, 0.1) is 6.54 Å². The van der Waals surface area contributed by atoms with E-state index in [1.54, 1.807) is 9.80 Å². The lowest BCUT2D eigenvalue weighted by Crippen LogP contribution is -2.51. The zero-order chi connectivity index (χ0) is 16.7. The highest BCUT2D eigenvalue weighted by atomic mass is 16.5. The van der Waals surface area contributed by atoms with Crippen LogP contribution < -0.4 is 10.1 Å². The summed E-state index contributed by atoms with van der Waals surface area (Å²) in [6, 6.07) is 7.93. The molecule has 0 aliphatic carbocycles. The third kappa shape index (κ3) is 5.16. The first-order chi connectivity index (χ1) is 11.1. The first kappa shape index (κ1) is 17.1. The van der Waals surface area contributed by atoms with E-state index < -0.39 is 0 Å². The van der Waals surface area contributed by atoms with Crippen LogP contribution in [-0.2, 0) is 4.79 Å². The largest absolute Gasteiger partial charge is 0.492 e. The van der Waals surface area contributed by atoms with Gasteiger partial charge in [-0.25, -0.2) is 4.79 Å². The summed E-state index contributed by atoms with van der Waals surface area (Å²) in [5, 5.41) is 2.84. The van der Waals surface area contributed by atoms with Gasteiger partial charge in [0.15, 0.2) is 0 Å². The van der Waals surface area contributed by atoms with Crippen LogP contribution in [0.5, 0.6) is 5.75 Å². The zero-order valence-electron chi connectivity index (χ0n) is 13.8. The van der Waals surface area contributed by atoms with Crippen molar-refractivity contribution < 1.29 is 14.3 Å². The average molecular weight is 319 g/mol. The first-order valence-electron chi connectivity index (χ1n) is 8.05. The SMILES string of the molecule is CC(C)c1ccc(OCCNC(=O)N2CCN(C=O)CC2)cc1. The van der Waals surface area contributed by atoms with E-state index in [0.717, 1.165) is 12.2 Å². The van der Waals surface area contributed by atoms with Crippen LogP contribution in [0.4, 0.5) is 4.79 Å². The molecule has 0 aromatic heterocycles. The molecule has 1 saturated heterocycles. The molecule has 1 heterocycles. The standard InChI is InChI=1S/C17H25N3O3/c1-14(2)15-3-5-16(6-4-15)23-12-7-18-17(22)20-10-8-19(13-21)9-11-20/h3-6,13-14H,7-12H2,1-2H3,(H,18,22). The molecule has 23 heavy (non-hydrogen) atoms. The Bertz CT molecular complexity index is 508. The minimum absolute atomic E-state index is 0.102. The fourth-order valence-corrected chi connectivity index (χ4v) is 2.42. The number of amides is 3. The Morgan fingerprint density at radius 2 is 1.87 bits per heavy atom. The molecule has 0 radical (unpaired) electrons. The molecule has 1 aromatic rings. The van der Waals surface area contributed by atoms with Gasteiger partial charge in [-0.3, -0.25) is 4.79 Å². The average Bonchev–Trinajstić information content (AvgIpc) is 2.59. The second-order valence-electron chi connectivity index (χ2n) is 5.93. The van der Waals surface area contributed by atoms with E-state index in [-0.39, 0.29) is 6.03 Å². The Kier molecular flexibility index (Phi) is 6.26. The normalized spacial score (nSPS) is 14.7. The number of nitrogens with one attached hydrogen (secondary N) is 1. The van der Waals surface area contributed by atoms with Crippen molar-refractivity contribution >= 4 is 12.4 Å². The Morgan fingerprint density at radius 1 is 1.22 bits per heavy atom. The Balaban J connectivity index is 1.65. The summed E-state index contributed by atoms with van der Waals surface area (Å²) in [7, 11) is 0. The molecule has 0 bridgehead atoms. The number of ether oxygens (including phenoxy) is 1. The maximum absolute atomic E-state index is 12.0. The molecule has 0 spiro atoms. The molecule has 6 heteroatoms. The molecule has 1 aliphatic rings. The van der Waals surface area contributed by atoms with E-state index in [4.69, 9.17) is 4.74 Å². The lowest BCUT2D eigenvalue weighted by molar-refractivity contribution is -0.119. The number of hydrogen-bond acceptors (Lipinski definition) is 3. The lowest BCUT2D eigenvalue weighted by atomic mass is 10.0. The van der Waals surface area contributed by atoms with Crippen LogP contribution in [0.15, 0.2) is 24.3 Å². The maximum Gasteiger partial charge on any atom is 0.317 e. The number of benzene rings is 1. The molecule has 1 fully saturated rings. The molecule has 0 atom stereocenters. The van der Waals surface area contributed by atoms with Crippen LogP contribution in [-0.4, -0.2) is 61.6 Å². The number of carbonyl (C=O) groups is 2. The van der Waals surface area contributed by atoms with E-state index in [1.165, 1.54) is 5.56 Å². The van der Waals surface area contributed by atoms with Crippen LogP contribution in [0, 0.1) is 0 Å². The van der Waals surface area contributed by atoms with Crippen LogP contribution in [0.1, 0.15) is 25.3 Å². The summed E-state index contributed by atoms with van der Waals surface area (Å²) < 4.78 is 5.63. The van der Waals surface area contributed by atoms with Crippen molar-refractivity contribution in [2.45, 2.75) is 19.8 Å². The molecule has 1 N–H and O–H groups in total. The van der Waals surface area contributed by atoms with Gasteiger partial charge in [0.2, 0.25) is 6.41 Å². The summed E-state index contributed by atoms with van der Waals surface area (Å²) >= 11 is 0. The zero-order valence-corrected chi connectivity index (χ0v) is 13.8. The van der Waals surface area contributed by atoms with Gasteiger partial charge in [-0.1, -0.05) is 26.0 Å². The predicted octanol–water partition coefficient (Wildman–Crippen LogP) is 1.67. The summed E-state index contributed by atoms with van der Waals surface area (Å²) in [6.07, 6.45) is 0.827. The van der Waals surface area contributed by atoms with Crippen LogP contribution in [0.2, 0.25) is 0 Å². The van der Waals surface area contributed by atoms with Gasteiger partial charge < -0.3 is 19.9 Å². The van der Waals surface area contributed by atoms with Crippen molar-refractivity contribution in [2.24, 2.45) is 0 Å². The monoisotopic (exact) mass is 319 g/mol. The molecule has 1 aliphatic heterocycles. The minimum Gasteiger partial charge on any atom is -0.492 e. The topological polar surface area (TPSA) is 61.9 Å². The lowest BCUT2D eigenvalue weighted by Gasteiger charge is -2.32. The second-order valence-corrected chi connectivity index (χ2v) is 5.93. The summed E-state index contributed by atoms with van der Waals surface area (Å²) in [5.74, 6) is 1.31. The maximum atomic E-state index is 12.0. The summed E-state index contributed by atoms with van der Waals surface area (Å²) in [4.78, 5) is 26.0. The summed E-state index contributed by atoms with van der Waals surface area (Å²) in [6.45, 7) is 7.52. The number of urea groups is 1. The van der Waals surface area contributed by atoms with Crippen LogP contribution >= 0.6 is 0 Å². The molecule has 126 valence electrons. The molecular formula is C17H25N3O3. The van der Waals surface area contributed by atoms with Crippen LogP contribution in [0.3, 0.4) is 0 Å². The highest BCUT2D eigenvalue weighted by Crippen LogP contribution is 2.18.